The zero-order chi connectivity index (χ0) is 11.8. The molecule has 2 nitrogen and oxygen atoms in total. The monoisotopic (exact) mass is 245 g/mol. The SMILES string of the molecule is CCCNCc1ccc(OCCF)c(Cl)c1. The molecule has 0 aromatic heterocycles. The molecule has 0 heterocycles. The number of rotatable bonds is 7. The Balaban J connectivity index is 2.53. The lowest BCUT2D eigenvalue weighted by atomic mass is 10.2. The molecule has 1 aromatic carbocycles. The smallest absolute Gasteiger partial charge is 0.138 e. The van der Waals surface area contributed by atoms with Crippen LogP contribution in [0.15, 0.2) is 18.2 Å². The van der Waals surface area contributed by atoms with Gasteiger partial charge in [-0.15, -0.1) is 0 Å². The summed E-state index contributed by atoms with van der Waals surface area (Å²) in [5, 5.41) is 3.81. The zero-order valence-corrected chi connectivity index (χ0v) is 10.2. The predicted molar refractivity (Wildman–Crippen MR) is 64.9 cm³/mol. The average Bonchev–Trinajstić information content (AvgIpc) is 2.28. The standard InChI is InChI=1S/C12H17ClFNO/c1-2-6-15-9-10-3-4-12(11(13)8-10)16-7-5-14/h3-4,8,15H,2,5-7,9H2,1H3. The minimum absolute atomic E-state index is 0.0488. The van der Waals surface area contributed by atoms with Gasteiger partial charge in [-0.1, -0.05) is 24.6 Å². The minimum atomic E-state index is -0.504. The third-order valence-corrected chi connectivity index (χ3v) is 2.38. The highest BCUT2D eigenvalue weighted by atomic mass is 35.5. The van der Waals surface area contributed by atoms with E-state index in [-0.39, 0.29) is 6.61 Å². The van der Waals surface area contributed by atoms with Crippen molar-refractivity contribution in [3.63, 3.8) is 0 Å². The van der Waals surface area contributed by atoms with Crippen LogP contribution in [-0.4, -0.2) is 19.8 Å². The first kappa shape index (κ1) is 13.3. The van der Waals surface area contributed by atoms with Gasteiger partial charge in [-0.25, -0.2) is 4.39 Å². The normalized spacial score (nSPS) is 10.4. The van der Waals surface area contributed by atoms with Gasteiger partial charge in [0.05, 0.1) is 5.02 Å². The van der Waals surface area contributed by atoms with Crippen LogP contribution < -0.4 is 10.1 Å². The summed E-state index contributed by atoms with van der Waals surface area (Å²) in [4.78, 5) is 0. The van der Waals surface area contributed by atoms with Gasteiger partial charge in [-0.05, 0) is 30.7 Å². The van der Waals surface area contributed by atoms with E-state index in [9.17, 15) is 4.39 Å². The number of alkyl halides is 1. The first-order valence-corrected chi connectivity index (χ1v) is 5.83. The molecule has 0 saturated heterocycles. The Kier molecular flexibility index (Phi) is 6.19. The lowest BCUT2D eigenvalue weighted by Crippen LogP contribution is -2.13. The van der Waals surface area contributed by atoms with Gasteiger partial charge >= 0.3 is 0 Å². The molecule has 0 amide bonds. The molecule has 1 rings (SSSR count). The van der Waals surface area contributed by atoms with Gasteiger partial charge in [-0.2, -0.15) is 0 Å². The highest BCUT2D eigenvalue weighted by Crippen LogP contribution is 2.25. The van der Waals surface area contributed by atoms with E-state index < -0.39 is 6.67 Å². The van der Waals surface area contributed by atoms with E-state index in [0.717, 1.165) is 25.1 Å². The van der Waals surface area contributed by atoms with Crippen LogP contribution in [0, 0.1) is 0 Å². The predicted octanol–water partition coefficient (Wildman–Crippen LogP) is 3.19. The third-order valence-electron chi connectivity index (χ3n) is 2.09. The lowest BCUT2D eigenvalue weighted by molar-refractivity contribution is 0.273. The van der Waals surface area contributed by atoms with Crippen LogP contribution >= 0.6 is 11.6 Å². The maximum absolute atomic E-state index is 11.9. The fraction of sp³-hybridized carbons (Fsp3) is 0.500. The molecule has 0 spiro atoms. The Morgan fingerprint density at radius 2 is 2.25 bits per heavy atom. The molecule has 0 aliphatic carbocycles. The molecule has 0 aliphatic heterocycles. The summed E-state index contributed by atoms with van der Waals surface area (Å²) in [7, 11) is 0. The summed E-state index contributed by atoms with van der Waals surface area (Å²) in [6.07, 6.45) is 1.10. The van der Waals surface area contributed by atoms with Crippen molar-refractivity contribution in [1.29, 1.82) is 0 Å². The Morgan fingerprint density at radius 1 is 1.44 bits per heavy atom. The van der Waals surface area contributed by atoms with Crippen molar-refractivity contribution in [3.8, 4) is 5.75 Å². The molecular formula is C12H17ClFNO. The number of benzene rings is 1. The Morgan fingerprint density at radius 3 is 2.88 bits per heavy atom. The van der Waals surface area contributed by atoms with Crippen molar-refractivity contribution in [2.24, 2.45) is 0 Å². The van der Waals surface area contributed by atoms with Crippen LogP contribution in [0.3, 0.4) is 0 Å². The van der Waals surface area contributed by atoms with Gasteiger partial charge in [0, 0.05) is 6.54 Å². The molecule has 0 fully saturated rings. The maximum Gasteiger partial charge on any atom is 0.138 e. The molecule has 0 aliphatic rings. The molecule has 90 valence electrons. The fourth-order valence-electron chi connectivity index (χ4n) is 1.33. The topological polar surface area (TPSA) is 21.3 Å². The van der Waals surface area contributed by atoms with E-state index in [0.29, 0.717) is 10.8 Å². The summed E-state index contributed by atoms with van der Waals surface area (Å²) < 4.78 is 17.1. The van der Waals surface area contributed by atoms with Gasteiger partial charge in [0.1, 0.15) is 19.0 Å². The zero-order valence-electron chi connectivity index (χ0n) is 9.43. The first-order chi connectivity index (χ1) is 7.77. The molecular weight excluding hydrogens is 229 g/mol. The van der Waals surface area contributed by atoms with Crippen LogP contribution in [-0.2, 0) is 6.54 Å². The molecule has 0 radical (unpaired) electrons. The van der Waals surface area contributed by atoms with Crippen molar-refractivity contribution in [3.05, 3.63) is 28.8 Å². The van der Waals surface area contributed by atoms with Crippen molar-refractivity contribution in [1.82, 2.24) is 5.32 Å². The quantitative estimate of drug-likeness (QED) is 0.745. The number of hydrogen-bond acceptors (Lipinski definition) is 2. The van der Waals surface area contributed by atoms with E-state index >= 15 is 0 Å². The number of hydrogen-bond donors (Lipinski definition) is 1. The second-order valence-corrected chi connectivity index (χ2v) is 3.89. The number of ether oxygens (including phenoxy) is 1. The second-order valence-electron chi connectivity index (χ2n) is 3.48. The molecule has 1 N–H and O–H groups in total. The fourth-order valence-corrected chi connectivity index (χ4v) is 1.59. The van der Waals surface area contributed by atoms with Crippen LogP contribution in [0.5, 0.6) is 5.75 Å². The van der Waals surface area contributed by atoms with Crippen LogP contribution in [0.2, 0.25) is 5.02 Å². The van der Waals surface area contributed by atoms with Gasteiger partial charge in [0.25, 0.3) is 0 Å². The van der Waals surface area contributed by atoms with E-state index in [1.165, 1.54) is 0 Å². The molecule has 16 heavy (non-hydrogen) atoms. The molecule has 1 aromatic rings. The van der Waals surface area contributed by atoms with Crippen LogP contribution in [0.25, 0.3) is 0 Å². The molecule has 0 bridgehead atoms. The Hall–Kier alpha value is -0.800. The second kappa shape index (κ2) is 7.47. The van der Waals surface area contributed by atoms with E-state index in [1.54, 1.807) is 6.07 Å². The number of nitrogens with one attached hydrogen (secondary N) is 1. The molecule has 0 unspecified atom stereocenters. The van der Waals surface area contributed by atoms with Crippen LogP contribution in [0.1, 0.15) is 18.9 Å². The van der Waals surface area contributed by atoms with Crippen LogP contribution in [0.4, 0.5) is 4.39 Å². The highest BCUT2D eigenvalue weighted by molar-refractivity contribution is 6.32. The van der Waals surface area contributed by atoms with Crippen molar-refractivity contribution >= 4 is 11.6 Å². The van der Waals surface area contributed by atoms with Gasteiger partial charge in [0.2, 0.25) is 0 Å². The summed E-state index contributed by atoms with van der Waals surface area (Å²) in [6.45, 7) is 3.44. The Bertz CT molecular complexity index is 320. The summed E-state index contributed by atoms with van der Waals surface area (Å²) >= 11 is 6.00. The molecule has 0 saturated carbocycles. The minimum Gasteiger partial charge on any atom is -0.489 e. The maximum atomic E-state index is 11.9. The van der Waals surface area contributed by atoms with E-state index in [1.807, 2.05) is 12.1 Å². The molecule has 0 atom stereocenters. The highest BCUT2D eigenvalue weighted by Gasteiger charge is 2.02. The van der Waals surface area contributed by atoms with E-state index in [4.69, 9.17) is 16.3 Å². The first-order valence-electron chi connectivity index (χ1n) is 5.45. The van der Waals surface area contributed by atoms with Crippen molar-refractivity contribution < 1.29 is 9.13 Å². The van der Waals surface area contributed by atoms with Gasteiger partial charge in [-0.3, -0.25) is 0 Å². The van der Waals surface area contributed by atoms with E-state index in [2.05, 4.69) is 12.2 Å². The largest absolute Gasteiger partial charge is 0.489 e. The van der Waals surface area contributed by atoms with Gasteiger partial charge < -0.3 is 10.1 Å². The summed E-state index contributed by atoms with van der Waals surface area (Å²) in [5.74, 6) is 0.540. The lowest BCUT2D eigenvalue weighted by Gasteiger charge is -2.08. The van der Waals surface area contributed by atoms with Crippen molar-refractivity contribution in [2.45, 2.75) is 19.9 Å². The third kappa shape index (κ3) is 4.37. The average molecular weight is 246 g/mol. The number of halogens is 2. The molecule has 4 heteroatoms. The summed E-state index contributed by atoms with van der Waals surface area (Å²) in [6, 6.07) is 5.56. The van der Waals surface area contributed by atoms with Crippen molar-refractivity contribution in [2.75, 3.05) is 19.8 Å². The van der Waals surface area contributed by atoms with Gasteiger partial charge in [0.15, 0.2) is 0 Å². The summed E-state index contributed by atoms with van der Waals surface area (Å²) in [5.41, 5.74) is 1.10. The Labute approximate surface area is 101 Å².